The highest BCUT2D eigenvalue weighted by Gasteiger charge is 2.25. The lowest BCUT2D eigenvalue weighted by Gasteiger charge is -2.31. The number of amides is 1. The molecule has 1 N–H and O–H groups in total. The molecule has 1 aromatic carbocycles. The highest BCUT2D eigenvalue weighted by Crippen LogP contribution is 2.29. The third-order valence-electron chi connectivity index (χ3n) is 4.47. The Morgan fingerprint density at radius 1 is 1.25 bits per heavy atom. The second-order valence-corrected chi connectivity index (χ2v) is 5.80. The summed E-state index contributed by atoms with van der Waals surface area (Å²) < 4.78 is 13.4. The zero-order valence-electron chi connectivity index (χ0n) is 11.7. The van der Waals surface area contributed by atoms with E-state index in [2.05, 4.69) is 5.32 Å². The molecule has 0 spiro atoms. The Morgan fingerprint density at radius 2 is 2.05 bits per heavy atom. The molecule has 0 bridgehead atoms. The van der Waals surface area contributed by atoms with Gasteiger partial charge in [-0.25, -0.2) is 4.39 Å². The molecule has 108 valence electrons. The lowest BCUT2D eigenvalue weighted by atomic mass is 9.93. The monoisotopic (exact) mass is 276 g/mol. The zero-order chi connectivity index (χ0) is 13.9. The van der Waals surface area contributed by atoms with E-state index in [1.807, 2.05) is 6.07 Å². The van der Waals surface area contributed by atoms with Gasteiger partial charge in [0.15, 0.2) is 0 Å². The van der Waals surface area contributed by atoms with Crippen molar-refractivity contribution >= 4 is 11.6 Å². The van der Waals surface area contributed by atoms with Crippen LogP contribution in [-0.2, 0) is 11.2 Å². The minimum atomic E-state index is -0.259. The van der Waals surface area contributed by atoms with E-state index >= 15 is 0 Å². The minimum absolute atomic E-state index is 0.136. The molecule has 0 atom stereocenters. The number of carbonyl (C=O) groups is 1. The van der Waals surface area contributed by atoms with Crippen molar-refractivity contribution < 1.29 is 9.18 Å². The standard InChI is InChI=1S/C16H21FN2O/c17-14-3-1-13-2-4-16(20)19(15(13)11-14)10-7-12-5-8-18-9-6-12/h1,3,11-12,18H,2,4-10H2. The fraction of sp³-hybridized carbons (Fsp3) is 0.562. The average molecular weight is 276 g/mol. The Kier molecular flexibility index (Phi) is 4.01. The first-order valence-corrected chi connectivity index (χ1v) is 7.53. The fourth-order valence-electron chi connectivity index (χ4n) is 3.24. The van der Waals surface area contributed by atoms with Crippen LogP contribution in [0.25, 0.3) is 0 Å². The summed E-state index contributed by atoms with van der Waals surface area (Å²) >= 11 is 0. The Balaban J connectivity index is 1.71. The van der Waals surface area contributed by atoms with Gasteiger partial charge in [-0.2, -0.15) is 0 Å². The van der Waals surface area contributed by atoms with Crippen LogP contribution in [0.3, 0.4) is 0 Å². The maximum atomic E-state index is 13.4. The summed E-state index contributed by atoms with van der Waals surface area (Å²) in [4.78, 5) is 13.9. The molecule has 0 unspecified atom stereocenters. The summed E-state index contributed by atoms with van der Waals surface area (Å²) in [6.07, 6.45) is 4.66. The summed E-state index contributed by atoms with van der Waals surface area (Å²) in [5.74, 6) is 0.560. The molecule has 0 saturated carbocycles. The van der Waals surface area contributed by atoms with Gasteiger partial charge < -0.3 is 10.2 Å². The van der Waals surface area contributed by atoms with Crippen LogP contribution in [0.1, 0.15) is 31.2 Å². The summed E-state index contributed by atoms with van der Waals surface area (Å²) in [5, 5.41) is 3.35. The number of piperidine rings is 1. The van der Waals surface area contributed by atoms with Crippen molar-refractivity contribution in [3.05, 3.63) is 29.6 Å². The first-order valence-electron chi connectivity index (χ1n) is 7.53. The number of nitrogens with zero attached hydrogens (tertiary/aromatic N) is 1. The number of aryl methyl sites for hydroxylation is 1. The topological polar surface area (TPSA) is 32.3 Å². The molecule has 1 amide bonds. The third-order valence-corrected chi connectivity index (χ3v) is 4.47. The predicted octanol–water partition coefficient (Wildman–Crippen LogP) is 2.49. The van der Waals surface area contributed by atoms with E-state index in [1.54, 1.807) is 4.90 Å². The molecule has 20 heavy (non-hydrogen) atoms. The number of fused-ring (bicyclic) bond motifs is 1. The molecule has 3 rings (SSSR count). The second kappa shape index (κ2) is 5.92. The molecule has 1 aromatic rings. The van der Waals surface area contributed by atoms with Crippen LogP contribution in [0, 0.1) is 11.7 Å². The molecule has 0 aliphatic carbocycles. The normalized spacial score (nSPS) is 20.1. The Labute approximate surface area is 119 Å². The number of hydrogen-bond acceptors (Lipinski definition) is 2. The summed E-state index contributed by atoms with van der Waals surface area (Å²) in [5.41, 5.74) is 1.88. The van der Waals surface area contributed by atoms with Gasteiger partial charge in [0.1, 0.15) is 5.82 Å². The maximum absolute atomic E-state index is 13.4. The first-order chi connectivity index (χ1) is 9.74. The molecule has 4 heteroatoms. The first kappa shape index (κ1) is 13.6. The number of rotatable bonds is 3. The molecule has 0 radical (unpaired) electrons. The lowest BCUT2D eigenvalue weighted by Crippen LogP contribution is -2.37. The van der Waals surface area contributed by atoms with Gasteiger partial charge in [0.2, 0.25) is 5.91 Å². The van der Waals surface area contributed by atoms with Crippen molar-refractivity contribution in [2.45, 2.75) is 32.1 Å². The van der Waals surface area contributed by atoms with E-state index in [-0.39, 0.29) is 11.7 Å². The van der Waals surface area contributed by atoms with Crippen LogP contribution in [0.5, 0.6) is 0 Å². The minimum Gasteiger partial charge on any atom is -0.317 e. The van der Waals surface area contributed by atoms with Gasteiger partial charge in [-0.05, 0) is 62.4 Å². The molecular formula is C16H21FN2O. The van der Waals surface area contributed by atoms with Crippen LogP contribution in [-0.4, -0.2) is 25.5 Å². The van der Waals surface area contributed by atoms with Gasteiger partial charge in [-0.3, -0.25) is 4.79 Å². The number of carbonyl (C=O) groups excluding carboxylic acids is 1. The largest absolute Gasteiger partial charge is 0.317 e. The molecular weight excluding hydrogens is 255 g/mol. The van der Waals surface area contributed by atoms with Crippen molar-refractivity contribution in [1.82, 2.24) is 5.32 Å². The molecule has 2 aliphatic rings. The predicted molar refractivity (Wildman–Crippen MR) is 77.3 cm³/mol. The number of nitrogens with one attached hydrogen (secondary N) is 1. The van der Waals surface area contributed by atoms with Crippen molar-refractivity contribution in [3.63, 3.8) is 0 Å². The molecule has 1 fully saturated rings. The molecule has 3 nitrogen and oxygen atoms in total. The average Bonchev–Trinajstić information content (AvgIpc) is 2.47. The highest BCUT2D eigenvalue weighted by atomic mass is 19.1. The van der Waals surface area contributed by atoms with E-state index in [0.717, 1.165) is 43.7 Å². The Morgan fingerprint density at radius 3 is 2.85 bits per heavy atom. The molecule has 2 heterocycles. The van der Waals surface area contributed by atoms with Gasteiger partial charge in [-0.15, -0.1) is 0 Å². The summed E-state index contributed by atoms with van der Waals surface area (Å²) in [7, 11) is 0. The van der Waals surface area contributed by atoms with Gasteiger partial charge in [0.25, 0.3) is 0 Å². The van der Waals surface area contributed by atoms with Crippen molar-refractivity contribution in [2.24, 2.45) is 5.92 Å². The van der Waals surface area contributed by atoms with Crippen LogP contribution in [0.15, 0.2) is 18.2 Å². The van der Waals surface area contributed by atoms with Gasteiger partial charge >= 0.3 is 0 Å². The Bertz CT molecular complexity index is 497. The molecule has 0 aromatic heterocycles. The molecule has 2 aliphatic heterocycles. The maximum Gasteiger partial charge on any atom is 0.227 e. The van der Waals surface area contributed by atoms with Crippen molar-refractivity contribution in [2.75, 3.05) is 24.5 Å². The van der Waals surface area contributed by atoms with Gasteiger partial charge in [-0.1, -0.05) is 6.07 Å². The number of anilines is 1. The zero-order valence-corrected chi connectivity index (χ0v) is 11.7. The fourth-order valence-corrected chi connectivity index (χ4v) is 3.24. The van der Waals surface area contributed by atoms with E-state index < -0.39 is 0 Å². The number of halogens is 1. The Hall–Kier alpha value is -1.42. The van der Waals surface area contributed by atoms with Crippen LogP contribution in [0.2, 0.25) is 0 Å². The SMILES string of the molecule is O=C1CCc2ccc(F)cc2N1CCC1CCNCC1. The van der Waals surface area contributed by atoms with Gasteiger partial charge in [0, 0.05) is 18.7 Å². The third kappa shape index (κ3) is 2.85. The summed E-state index contributed by atoms with van der Waals surface area (Å²) in [6.45, 7) is 2.87. The lowest BCUT2D eigenvalue weighted by molar-refractivity contribution is -0.118. The van der Waals surface area contributed by atoms with E-state index in [0.29, 0.717) is 12.3 Å². The highest BCUT2D eigenvalue weighted by molar-refractivity contribution is 5.96. The van der Waals surface area contributed by atoms with Crippen molar-refractivity contribution in [3.8, 4) is 0 Å². The quantitative estimate of drug-likeness (QED) is 0.920. The number of benzene rings is 1. The van der Waals surface area contributed by atoms with Crippen LogP contribution in [0.4, 0.5) is 10.1 Å². The second-order valence-electron chi connectivity index (χ2n) is 5.80. The molecule has 1 saturated heterocycles. The van der Waals surface area contributed by atoms with Gasteiger partial charge in [0.05, 0.1) is 0 Å². The van der Waals surface area contributed by atoms with E-state index in [1.165, 1.54) is 25.0 Å². The van der Waals surface area contributed by atoms with Crippen molar-refractivity contribution in [1.29, 1.82) is 0 Å². The van der Waals surface area contributed by atoms with Crippen LogP contribution >= 0.6 is 0 Å². The van der Waals surface area contributed by atoms with Crippen LogP contribution < -0.4 is 10.2 Å². The summed E-state index contributed by atoms with van der Waals surface area (Å²) in [6, 6.07) is 4.81. The van der Waals surface area contributed by atoms with E-state index in [9.17, 15) is 9.18 Å². The number of hydrogen-bond donors (Lipinski definition) is 1. The smallest absolute Gasteiger partial charge is 0.227 e. The van der Waals surface area contributed by atoms with E-state index in [4.69, 9.17) is 0 Å².